The maximum Gasteiger partial charge on any atom is 0.270 e. The van der Waals surface area contributed by atoms with Crippen LogP contribution in [-0.2, 0) is 5.75 Å². The fourth-order valence-corrected chi connectivity index (χ4v) is 3.46. The third-order valence-corrected chi connectivity index (χ3v) is 4.82. The van der Waals surface area contributed by atoms with E-state index in [2.05, 4.69) is 21.6 Å². The van der Waals surface area contributed by atoms with Gasteiger partial charge in [-0.15, -0.1) is 5.10 Å². The first-order valence-electron chi connectivity index (χ1n) is 7.79. The van der Waals surface area contributed by atoms with Crippen LogP contribution < -0.4 is 4.74 Å². The molecule has 0 amide bonds. The van der Waals surface area contributed by atoms with E-state index in [1.54, 1.807) is 10.7 Å². The van der Waals surface area contributed by atoms with Crippen LogP contribution in [0.5, 0.6) is 5.75 Å². The van der Waals surface area contributed by atoms with Crippen LogP contribution in [0.2, 0.25) is 0 Å². The lowest BCUT2D eigenvalue weighted by Crippen LogP contribution is -2.02. The van der Waals surface area contributed by atoms with Crippen LogP contribution >= 0.6 is 11.8 Å². The van der Waals surface area contributed by atoms with E-state index in [1.807, 2.05) is 26.0 Å². The van der Waals surface area contributed by atoms with Gasteiger partial charge in [-0.1, -0.05) is 29.5 Å². The lowest BCUT2D eigenvalue weighted by atomic mass is 10.1. The highest BCUT2D eigenvalue weighted by Gasteiger charge is 2.15. The number of nitro benzene ring substituents is 1. The number of aryl methyl sites for hydroxylation is 2. The summed E-state index contributed by atoms with van der Waals surface area (Å²) in [6, 6.07) is 10.6. The van der Waals surface area contributed by atoms with E-state index >= 15 is 0 Å². The van der Waals surface area contributed by atoms with E-state index in [0.717, 1.165) is 16.8 Å². The molecule has 1 aromatic heterocycles. The van der Waals surface area contributed by atoms with Gasteiger partial charge in [0.05, 0.1) is 17.7 Å². The smallest absolute Gasteiger partial charge is 0.270 e. The molecule has 134 valence electrons. The Morgan fingerprint density at radius 2 is 2.04 bits per heavy atom. The number of methoxy groups -OCH3 is 1. The topological polar surface area (TPSA) is 96.0 Å². The molecule has 2 aromatic carbocycles. The van der Waals surface area contributed by atoms with Crippen molar-refractivity contribution in [2.24, 2.45) is 0 Å². The molecule has 0 unspecified atom stereocenters. The highest BCUT2D eigenvalue weighted by molar-refractivity contribution is 7.98. The minimum atomic E-state index is -0.423. The van der Waals surface area contributed by atoms with Gasteiger partial charge in [-0.05, 0) is 42.0 Å². The zero-order valence-electron chi connectivity index (χ0n) is 14.5. The molecule has 0 radical (unpaired) electrons. The van der Waals surface area contributed by atoms with Gasteiger partial charge in [-0.3, -0.25) is 10.1 Å². The molecule has 0 bridgehead atoms. The third kappa shape index (κ3) is 3.67. The van der Waals surface area contributed by atoms with Crippen molar-refractivity contribution in [2.45, 2.75) is 24.8 Å². The normalized spacial score (nSPS) is 10.7. The second kappa shape index (κ2) is 7.52. The number of benzene rings is 2. The maximum absolute atomic E-state index is 11.0. The Balaban J connectivity index is 1.87. The van der Waals surface area contributed by atoms with Crippen molar-refractivity contribution < 1.29 is 9.66 Å². The molecule has 0 aliphatic rings. The van der Waals surface area contributed by atoms with Crippen LogP contribution in [0, 0.1) is 24.0 Å². The number of hydrogen-bond acceptors (Lipinski definition) is 7. The summed E-state index contributed by atoms with van der Waals surface area (Å²) in [6.07, 6.45) is 0. The van der Waals surface area contributed by atoms with Crippen molar-refractivity contribution in [3.8, 4) is 11.4 Å². The molecule has 26 heavy (non-hydrogen) atoms. The number of tetrazole rings is 1. The van der Waals surface area contributed by atoms with Crippen molar-refractivity contribution in [1.29, 1.82) is 0 Å². The van der Waals surface area contributed by atoms with Crippen LogP contribution in [-0.4, -0.2) is 32.2 Å². The number of nitro groups is 1. The van der Waals surface area contributed by atoms with Gasteiger partial charge in [0.25, 0.3) is 5.69 Å². The summed E-state index contributed by atoms with van der Waals surface area (Å²) in [4.78, 5) is 10.6. The Hall–Kier alpha value is -2.94. The largest absolute Gasteiger partial charge is 0.496 e. The van der Waals surface area contributed by atoms with Gasteiger partial charge in [0.15, 0.2) is 0 Å². The van der Waals surface area contributed by atoms with Gasteiger partial charge >= 0.3 is 0 Å². The Kier molecular flexibility index (Phi) is 5.17. The van der Waals surface area contributed by atoms with Crippen molar-refractivity contribution in [3.05, 3.63) is 63.2 Å². The van der Waals surface area contributed by atoms with Gasteiger partial charge in [-0.2, -0.15) is 4.68 Å². The average molecular weight is 371 g/mol. The maximum atomic E-state index is 11.0. The first-order valence-corrected chi connectivity index (χ1v) is 8.78. The summed E-state index contributed by atoms with van der Waals surface area (Å²) < 4.78 is 6.97. The van der Waals surface area contributed by atoms with E-state index in [4.69, 9.17) is 4.74 Å². The molecule has 0 spiro atoms. The number of aromatic nitrogens is 4. The third-order valence-electron chi connectivity index (χ3n) is 3.85. The molecule has 9 heteroatoms. The lowest BCUT2D eigenvalue weighted by molar-refractivity contribution is -0.384. The van der Waals surface area contributed by atoms with Crippen molar-refractivity contribution >= 4 is 17.4 Å². The summed E-state index contributed by atoms with van der Waals surface area (Å²) in [5.41, 5.74) is 3.85. The minimum absolute atomic E-state index is 0.0235. The SMILES string of the molecule is COc1ccc([N+](=O)[O-])cc1CSc1nnnn1-c1ccc(C)cc1C. The van der Waals surface area contributed by atoms with Gasteiger partial charge in [0.1, 0.15) is 5.75 Å². The standard InChI is InChI=1S/C17H17N5O3S/c1-11-4-6-15(12(2)8-11)21-17(18-19-20-21)26-10-13-9-14(22(23)24)5-7-16(13)25-3/h4-9H,10H2,1-3H3. The van der Waals surface area contributed by atoms with Crippen LogP contribution in [0.1, 0.15) is 16.7 Å². The molecular weight excluding hydrogens is 354 g/mol. The lowest BCUT2D eigenvalue weighted by Gasteiger charge is -2.10. The second-order valence-corrected chi connectivity index (χ2v) is 6.65. The quantitative estimate of drug-likeness (QED) is 0.372. The van der Waals surface area contributed by atoms with Gasteiger partial charge in [-0.25, -0.2) is 0 Å². The van der Waals surface area contributed by atoms with Gasteiger partial charge in [0.2, 0.25) is 5.16 Å². The van der Waals surface area contributed by atoms with E-state index in [1.165, 1.54) is 31.0 Å². The fraction of sp³-hybridized carbons (Fsp3) is 0.235. The number of ether oxygens (including phenoxy) is 1. The molecule has 0 fully saturated rings. The zero-order chi connectivity index (χ0) is 18.7. The molecule has 3 aromatic rings. The predicted molar refractivity (Wildman–Crippen MR) is 97.8 cm³/mol. The predicted octanol–water partition coefficient (Wildman–Crippen LogP) is 3.49. The van der Waals surface area contributed by atoms with E-state index in [-0.39, 0.29) is 5.69 Å². The molecule has 0 saturated carbocycles. The molecule has 0 N–H and O–H groups in total. The summed E-state index contributed by atoms with van der Waals surface area (Å²) in [6.45, 7) is 4.03. The Bertz CT molecular complexity index is 957. The van der Waals surface area contributed by atoms with Crippen LogP contribution in [0.15, 0.2) is 41.6 Å². The van der Waals surface area contributed by atoms with E-state index < -0.39 is 4.92 Å². The number of thioether (sulfide) groups is 1. The van der Waals surface area contributed by atoms with E-state index in [0.29, 0.717) is 22.2 Å². The summed E-state index contributed by atoms with van der Waals surface area (Å²) >= 11 is 1.39. The number of rotatable bonds is 6. The highest BCUT2D eigenvalue weighted by atomic mass is 32.2. The average Bonchev–Trinajstić information content (AvgIpc) is 3.07. The molecule has 8 nitrogen and oxygen atoms in total. The fourth-order valence-electron chi connectivity index (χ4n) is 2.60. The first kappa shape index (κ1) is 17.9. The molecular formula is C17H17N5O3S. The molecule has 0 atom stereocenters. The minimum Gasteiger partial charge on any atom is -0.496 e. The zero-order valence-corrected chi connectivity index (χ0v) is 15.4. The highest BCUT2D eigenvalue weighted by Crippen LogP contribution is 2.31. The molecule has 0 aliphatic heterocycles. The molecule has 3 rings (SSSR count). The van der Waals surface area contributed by atoms with Crippen LogP contribution in [0.4, 0.5) is 5.69 Å². The molecule has 1 heterocycles. The van der Waals surface area contributed by atoms with Crippen molar-refractivity contribution in [2.75, 3.05) is 7.11 Å². The van der Waals surface area contributed by atoms with E-state index in [9.17, 15) is 10.1 Å². The Morgan fingerprint density at radius 3 is 2.73 bits per heavy atom. The summed E-state index contributed by atoms with van der Waals surface area (Å²) in [7, 11) is 1.54. The molecule has 0 saturated heterocycles. The van der Waals surface area contributed by atoms with Crippen LogP contribution in [0.25, 0.3) is 5.69 Å². The van der Waals surface area contributed by atoms with Crippen molar-refractivity contribution in [1.82, 2.24) is 20.2 Å². The summed E-state index contributed by atoms with van der Waals surface area (Å²) in [5, 5.41) is 23.5. The number of nitrogens with zero attached hydrogens (tertiary/aromatic N) is 5. The summed E-state index contributed by atoms with van der Waals surface area (Å²) in [5.74, 6) is 1.03. The Morgan fingerprint density at radius 1 is 1.23 bits per heavy atom. The number of hydrogen-bond donors (Lipinski definition) is 0. The van der Waals surface area contributed by atoms with Gasteiger partial charge in [0, 0.05) is 23.4 Å². The Labute approximate surface area is 154 Å². The first-order chi connectivity index (χ1) is 12.5. The van der Waals surface area contributed by atoms with Crippen molar-refractivity contribution in [3.63, 3.8) is 0 Å². The van der Waals surface area contributed by atoms with Gasteiger partial charge < -0.3 is 4.74 Å². The monoisotopic (exact) mass is 371 g/mol. The van der Waals surface area contributed by atoms with Crippen LogP contribution in [0.3, 0.4) is 0 Å². The molecule has 0 aliphatic carbocycles. The second-order valence-electron chi connectivity index (χ2n) is 5.71. The number of non-ortho nitro benzene ring substituents is 1.